The third kappa shape index (κ3) is 4.65. The van der Waals surface area contributed by atoms with Gasteiger partial charge >= 0.3 is 5.97 Å². The summed E-state index contributed by atoms with van der Waals surface area (Å²) >= 11 is 0. The highest BCUT2D eigenvalue weighted by Gasteiger charge is 2.26. The largest absolute Gasteiger partial charge is 0.463 e. The van der Waals surface area contributed by atoms with Crippen molar-refractivity contribution in [3.05, 3.63) is 23.8 Å². The first kappa shape index (κ1) is 17.6. The van der Waals surface area contributed by atoms with E-state index < -0.39 is 0 Å². The van der Waals surface area contributed by atoms with E-state index >= 15 is 0 Å². The summed E-state index contributed by atoms with van der Waals surface area (Å²) in [6, 6.07) is 5.60. The molecule has 0 N–H and O–H groups in total. The van der Waals surface area contributed by atoms with Crippen molar-refractivity contribution in [1.29, 1.82) is 0 Å². The van der Waals surface area contributed by atoms with Gasteiger partial charge in [-0.2, -0.15) is 0 Å². The average Bonchev–Trinajstić information content (AvgIpc) is 3.02. The van der Waals surface area contributed by atoms with Gasteiger partial charge < -0.3 is 19.1 Å². The van der Waals surface area contributed by atoms with Gasteiger partial charge in [0.25, 0.3) is 0 Å². The van der Waals surface area contributed by atoms with E-state index in [2.05, 4.69) is 0 Å². The van der Waals surface area contributed by atoms with Crippen LogP contribution in [0.4, 0.5) is 0 Å². The zero-order valence-corrected chi connectivity index (χ0v) is 14.8. The topological polar surface area (TPSA) is 65.1 Å². The highest BCUT2D eigenvalue weighted by Crippen LogP contribution is 2.32. The number of hydrogen-bond acceptors (Lipinski definition) is 5. The highest BCUT2D eigenvalue weighted by atomic mass is 16.7. The molecule has 3 rings (SSSR count). The lowest BCUT2D eigenvalue weighted by Gasteiger charge is -2.32. The maximum Gasteiger partial charge on any atom is 0.306 e. The smallest absolute Gasteiger partial charge is 0.306 e. The number of esters is 1. The standard InChI is InChI=1S/C19H25NO5/c1-13(2)25-19(22)10-15-4-3-7-20(11-15)18(21)9-14-5-6-16-17(8-14)24-12-23-16/h5-6,8,13,15H,3-4,7,9-12H2,1-2H3/t15-/m0/s1. The second-order valence-electron chi connectivity index (χ2n) is 6.96. The van der Waals surface area contributed by atoms with Gasteiger partial charge in [-0.05, 0) is 50.3 Å². The molecule has 1 fully saturated rings. The third-order valence-corrected chi connectivity index (χ3v) is 4.49. The van der Waals surface area contributed by atoms with Gasteiger partial charge in [0.15, 0.2) is 11.5 Å². The molecule has 1 aromatic carbocycles. The molecule has 2 aliphatic rings. The lowest BCUT2D eigenvalue weighted by molar-refractivity contribution is -0.149. The van der Waals surface area contributed by atoms with Crippen molar-refractivity contribution in [1.82, 2.24) is 4.90 Å². The van der Waals surface area contributed by atoms with Gasteiger partial charge in [0.2, 0.25) is 12.7 Å². The van der Waals surface area contributed by atoms with Crippen LogP contribution in [-0.4, -0.2) is 42.8 Å². The van der Waals surface area contributed by atoms with Crippen LogP contribution < -0.4 is 9.47 Å². The molecule has 1 atom stereocenters. The Hall–Kier alpha value is -2.24. The minimum Gasteiger partial charge on any atom is -0.463 e. The van der Waals surface area contributed by atoms with Gasteiger partial charge in [-0.1, -0.05) is 6.07 Å². The fourth-order valence-electron chi connectivity index (χ4n) is 3.34. The summed E-state index contributed by atoms with van der Waals surface area (Å²) in [6.45, 7) is 5.29. The zero-order chi connectivity index (χ0) is 17.8. The molecule has 0 spiro atoms. The minimum atomic E-state index is -0.176. The maximum atomic E-state index is 12.6. The van der Waals surface area contributed by atoms with Gasteiger partial charge in [0.1, 0.15) is 0 Å². The van der Waals surface area contributed by atoms with Crippen LogP contribution in [-0.2, 0) is 20.7 Å². The Morgan fingerprint density at radius 1 is 1.28 bits per heavy atom. The van der Waals surface area contributed by atoms with E-state index in [4.69, 9.17) is 14.2 Å². The molecular weight excluding hydrogens is 322 g/mol. The van der Waals surface area contributed by atoms with E-state index in [1.54, 1.807) is 0 Å². The number of ether oxygens (including phenoxy) is 3. The fraction of sp³-hybridized carbons (Fsp3) is 0.579. The molecule has 136 valence electrons. The Morgan fingerprint density at radius 2 is 2.08 bits per heavy atom. The zero-order valence-electron chi connectivity index (χ0n) is 14.8. The molecule has 0 radical (unpaired) electrons. The number of hydrogen-bond donors (Lipinski definition) is 0. The Morgan fingerprint density at radius 3 is 2.88 bits per heavy atom. The number of likely N-dealkylation sites (tertiary alicyclic amines) is 1. The van der Waals surface area contributed by atoms with E-state index in [0.717, 1.165) is 30.7 Å². The minimum absolute atomic E-state index is 0.0841. The van der Waals surface area contributed by atoms with Crippen molar-refractivity contribution in [2.75, 3.05) is 19.9 Å². The number of carbonyl (C=O) groups excluding carboxylic acids is 2. The van der Waals surface area contributed by atoms with Crippen LogP contribution in [0.5, 0.6) is 11.5 Å². The lowest BCUT2D eigenvalue weighted by Crippen LogP contribution is -2.41. The van der Waals surface area contributed by atoms with E-state index in [1.165, 1.54) is 0 Å². The second kappa shape index (κ2) is 7.76. The third-order valence-electron chi connectivity index (χ3n) is 4.49. The Bertz CT molecular complexity index is 643. The molecule has 6 nitrogen and oxygen atoms in total. The summed E-state index contributed by atoms with van der Waals surface area (Å²) in [5.41, 5.74) is 0.913. The van der Waals surface area contributed by atoms with Crippen molar-refractivity contribution in [2.24, 2.45) is 5.92 Å². The predicted octanol–water partition coefficient (Wildman–Crippen LogP) is 2.54. The Labute approximate surface area is 148 Å². The van der Waals surface area contributed by atoms with Crippen LogP contribution >= 0.6 is 0 Å². The quantitative estimate of drug-likeness (QED) is 0.766. The van der Waals surface area contributed by atoms with Gasteiger partial charge in [0.05, 0.1) is 18.9 Å². The Kier molecular flexibility index (Phi) is 5.46. The maximum absolute atomic E-state index is 12.6. The summed E-state index contributed by atoms with van der Waals surface area (Å²) in [4.78, 5) is 26.3. The molecule has 6 heteroatoms. The van der Waals surface area contributed by atoms with E-state index in [1.807, 2.05) is 36.9 Å². The first-order valence-corrected chi connectivity index (χ1v) is 8.87. The number of benzene rings is 1. The SMILES string of the molecule is CC(C)OC(=O)C[C@@H]1CCCN(C(=O)Cc2ccc3c(c2)OCO3)C1. The summed E-state index contributed by atoms with van der Waals surface area (Å²) in [5.74, 6) is 1.50. The van der Waals surface area contributed by atoms with Crippen LogP contribution in [0.1, 0.15) is 38.7 Å². The molecule has 25 heavy (non-hydrogen) atoms. The monoisotopic (exact) mass is 347 g/mol. The molecule has 0 aromatic heterocycles. The van der Waals surface area contributed by atoms with Crippen LogP contribution in [0, 0.1) is 5.92 Å². The number of nitrogens with zero attached hydrogens (tertiary/aromatic N) is 1. The normalized spacial score (nSPS) is 19.2. The van der Waals surface area contributed by atoms with E-state index in [-0.39, 0.29) is 30.7 Å². The van der Waals surface area contributed by atoms with Gasteiger partial charge in [-0.15, -0.1) is 0 Å². The molecule has 0 saturated carbocycles. The molecule has 0 bridgehead atoms. The van der Waals surface area contributed by atoms with Crippen molar-refractivity contribution in [2.45, 2.75) is 45.6 Å². The van der Waals surface area contributed by atoms with Gasteiger partial charge in [0, 0.05) is 13.1 Å². The first-order chi connectivity index (χ1) is 12.0. The number of amides is 1. The fourth-order valence-corrected chi connectivity index (χ4v) is 3.34. The summed E-state index contributed by atoms with van der Waals surface area (Å²) in [7, 11) is 0. The van der Waals surface area contributed by atoms with E-state index in [9.17, 15) is 9.59 Å². The van der Waals surface area contributed by atoms with Crippen molar-refractivity contribution in [3.63, 3.8) is 0 Å². The molecule has 0 aliphatic carbocycles. The Balaban J connectivity index is 1.54. The van der Waals surface area contributed by atoms with Crippen LogP contribution in [0.3, 0.4) is 0 Å². The van der Waals surface area contributed by atoms with E-state index in [0.29, 0.717) is 25.1 Å². The summed E-state index contributed by atoms with van der Waals surface area (Å²) in [6.07, 6.45) is 2.50. The van der Waals surface area contributed by atoms with Crippen LogP contribution in [0.2, 0.25) is 0 Å². The second-order valence-corrected chi connectivity index (χ2v) is 6.96. The predicted molar refractivity (Wildman–Crippen MR) is 91.4 cm³/mol. The molecule has 1 amide bonds. The molecule has 0 unspecified atom stereocenters. The number of piperidine rings is 1. The molecule has 2 heterocycles. The number of fused-ring (bicyclic) bond motifs is 1. The molecule has 1 saturated heterocycles. The first-order valence-electron chi connectivity index (χ1n) is 8.87. The van der Waals surface area contributed by atoms with Crippen LogP contribution in [0.25, 0.3) is 0 Å². The van der Waals surface area contributed by atoms with Crippen molar-refractivity contribution < 1.29 is 23.8 Å². The summed E-state index contributed by atoms with van der Waals surface area (Å²) < 4.78 is 15.9. The molecule has 1 aromatic rings. The van der Waals surface area contributed by atoms with Crippen molar-refractivity contribution in [3.8, 4) is 11.5 Å². The summed E-state index contributed by atoms with van der Waals surface area (Å²) in [5, 5.41) is 0. The average molecular weight is 347 g/mol. The van der Waals surface area contributed by atoms with Gasteiger partial charge in [-0.25, -0.2) is 0 Å². The van der Waals surface area contributed by atoms with Crippen molar-refractivity contribution >= 4 is 11.9 Å². The number of rotatable bonds is 5. The highest BCUT2D eigenvalue weighted by molar-refractivity contribution is 5.79. The van der Waals surface area contributed by atoms with Gasteiger partial charge in [-0.3, -0.25) is 9.59 Å². The molecular formula is C19H25NO5. The molecule has 2 aliphatic heterocycles. The lowest BCUT2D eigenvalue weighted by atomic mass is 9.94. The van der Waals surface area contributed by atoms with Crippen LogP contribution in [0.15, 0.2) is 18.2 Å². The number of carbonyl (C=O) groups is 2.